The molecule has 3 aromatic carbocycles. The first-order valence-electron chi connectivity index (χ1n) is 8.10. The number of para-hydroxylation sites is 1. The number of hydrogen-bond donors (Lipinski definition) is 2. The lowest BCUT2D eigenvalue weighted by Gasteiger charge is -2.13. The van der Waals surface area contributed by atoms with Crippen molar-refractivity contribution in [2.75, 3.05) is 10.0 Å². The monoisotopic (exact) mass is 444 g/mol. The summed E-state index contributed by atoms with van der Waals surface area (Å²) in [7, 11) is -3.83. The first kappa shape index (κ1) is 19.1. The molecule has 0 aliphatic rings. The predicted octanol–water partition coefficient (Wildman–Crippen LogP) is 4.81. The molecule has 0 bridgehead atoms. The highest BCUT2D eigenvalue weighted by Crippen LogP contribution is 2.23. The van der Waals surface area contributed by atoms with Gasteiger partial charge in [0.2, 0.25) is 0 Å². The highest BCUT2D eigenvalue weighted by Gasteiger charge is 2.19. The van der Waals surface area contributed by atoms with E-state index in [1.54, 1.807) is 48.5 Å². The van der Waals surface area contributed by atoms with Crippen molar-refractivity contribution in [3.63, 3.8) is 0 Å². The Bertz CT molecular complexity index is 1080. The Labute approximate surface area is 166 Å². The number of benzene rings is 3. The summed E-state index contributed by atoms with van der Waals surface area (Å²) in [6.07, 6.45) is 0. The van der Waals surface area contributed by atoms with Crippen molar-refractivity contribution in [1.29, 1.82) is 0 Å². The van der Waals surface area contributed by atoms with Gasteiger partial charge in [0.25, 0.3) is 15.9 Å². The first-order valence-corrected chi connectivity index (χ1v) is 10.4. The normalized spacial score (nSPS) is 11.0. The number of carbonyl (C=O) groups is 1. The van der Waals surface area contributed by atoms with Crippen molar-refractivity contribution in [2.45, 2.75) is 11.8 Å². The van der Waals surface area contributed by atoms with E-state index in [4.69, 9.17) is 0 Å². The molecule has 0 spiro atoms. The number of rotatable bonds is 5. The molecule has 2 N–H and O–H groups in total. The Hall–Kier alpha value is -2.64. The Morgan fingerprint density at radius 1 is 0.926 bits per heavy atom. The maximum absolute atomic E-state index is 12.7. The summed E-state index contributed by atoms with van der Waals surface area (Å²) in [5, 5.41) is 2.78. The third-order valence-electron chi connectivity index (χ3n) is 3.83. The van der Waals surface area contributed by atoms with Gasteiger partial charge >= 0.3 is 0 Å². The van der Waals surface area contributed by atoms with Crippen LogP contribution in [0.2, 0.25) is 0 Å². The van der Waals surface area contributed by atoms with E-state index in [0.29, 0.717) is 10.2 Å². The van der Waals surface area contributed by atoms with Gasteiger partial charge in [-0.3, -0.25) is 9.52 Å². The summed E-state index contributed by atoms with van der Waals surface area (Å²) in [5.41, 5.74) is 2.16. The molecular formula is C20H17BrN2O3S. The SMILES string of the molecule is Cc1ccc(NC(=O)c2ccccc2NS(=O)(=O)c2cccc(Br)c2)cc1. The largest absolute Gasteiger partial charge is 0.322 e. The van der Waals surface area contributed by atoms with Gasteiger partial charge in [0.1, 0.15) is 0 Å². The zero-order chi connectivity index (χ0) is 19.4. The molecule has 5 nitrogen and oxygen atoms in total. The van der Waals surface area contributed by atoms with Gasteiger partial charge in [0.15, 0.2) is 0 Å². The molecular weight excluding hydrogens is 428 g/mol. The van der Waals surface area contributed by atoms with Crippen LogP contribution < -0.4 is 10.0 Å². The van der Waals surface area contributed by atoms with Gasteiger partial charge in [-0.1, -0.05) is 51.8 Å². The summed E-state index contributed by atoms with van der Waals surface area (Å²) in [6, 6.07) is 20.2. The smallest absolute Gasteiger partial charge is 0.261 e. The molecule has 0 aliphatic carbocycles. The van der Waals surface area contributed by atoms with E-state index in [1.165, 1.54) is 12.1 Å². The summed E-state index contributed by atoms with van der Waals surface area (Å²) >= 11 is 3.26. The van der Waals surface area contributed by atoms with Crippen LogP contribution >= 0.6 is 15.9 Å². The van der Waals surface area contributed by atoms with Gasteiger partial charge in [0.05, 0.1) is 16.1 Å². The van der Waals surface area contributed by atoms with Crippen LogP contribution in [0.4, 0.5) is 11.4 Å². The average Bonchev–Trinajstić information content (AvgIpc) is 2.64. The van der Waals surface area contributed by atoms with Crippen molar-refractivity contribution >= 4 is 43.2 Å². The molecule has 7 heteroatoms. The van der Waals surface area contributed by atoms with Crippen LogP contribution in [-0.4, -0.2) is 14.3 Å². The Morgan fingerprint density at radius 3 is 2.33 bits per heavy atom. The second kappa shape index (κ2) is 7.94. The molecule has 0 saturated heterocycles. The number of amides is 1. The maximum Gasteiger partial charge on any atom is 0.261 e. The average molecular weight is 445 g/mol. The Balaban J connectivity index is 1.87. The highest BCUT2D eigenvalue weighted by atomic mass is 79.9. The summed E-state index contributed by atoms with van der Waals surface area (Å²) in [5.74, 6) is -0.397. The van der Waals surface area contributed by atoms with Crippen LogP contribution in [0.1, 0.15) is 15.9 Å². The van der Waals surface area contributed by atoms with Crippen molar-refractivity contribution in [3.05, 3.63) is 88.4 Å². The summed E-state index contributed by atoms with van der Waals surface area (Å²) in [4.78, 5) is 12.7. The molecule has 0 aliphatic heterocycles. The lowest BCUT2D eigenvalue weighted by atomic mass is 10.1. The predicted molar refractivity (Wildman–Crippen MR) is 111 cm³/mol. The molecule has 0 aromatic heterocycles. The molecule has 3 aromatic rings. The molecule has 3 rings (SSSR count). The van der Waals surface area contributed by atoms with Crippen LogP contribution in [0.5, 0.6) is 0 Å². The quantitative estimate of drug-likeness (QED) is 0.592. The molecule has 0 saturated carbocycles. The van der Waals surface area contributed by atoms with Crippen molar-refractivity contribution in [1.82, 2.24) is 0 Å². The summed E-state index contributed by atoms with van der Waals surface area (Å²) in [6.45, 7) is 1.96. The molecule has 1 amide bonds. The minimum atomic E-state index is -3.83. The van der Waals surface area contributed by atoms with Crippen LogP contribution in [0.25, 0.3) is 0 Å². The lowest BCUT2D eigenvalue weighted by Crippen LogP contribution is -2.18. The molecule has 138 valence electrons. The Kier molecular flexibility index (Phi) is 5.62. The number of aryl methyl sites for hydroxylation is 1. The van der Waals surface area contributed by atoms with Gasteiger partial charge in [0, 0.05) is 10.2 Å². The lowest BCUT2D eigenvalue weighted by molar-refractivity contribution is 0.102. The Morgan fingerprint density at radius 2 is 1.63 bits per heavy atom. The number of hydrogen-bond acceptors (Lipinski definition) is 3. The molecule has 0 radical (unpaired) electrons. The van der Waals surface area contributed by atoms with E-state index in [1.807, 2.05) is 19.1 Å². The van der Waals surface area contributed by atoms with E-state index in [-0.39, 0.29) is 16.1 Å². The number of anilines is 2. The van der Waals surface area contributed by atoms with Crippen LogP contribution in [0.15, 0.2) is 82.2 Å². The van der Waals surface area contributed by atoms with Gasteiger partial charge in [-0.25, -0.2) is 8.42 Å². The fourth-order valence-electron chi connectivity index (χ4n) is 2.44. The number of carbonyl (C=O) groups excluding carboxylic acids is 1. The van der Waals surface area contributed by atoms with Gasteiger partial charge in [-0.15, -0.1) is 0 Å². The molecule has 0 unspecified atom stereocenters. The number of halogens is 1. The molecule has 0 heterocycles. The molecule has 0 atom stereocenters. The number of nitrogens with one attached hydrogen (secondary N) is 2. The fourth-order valence-corrected chi connectivity index (χ4v) is 4.12. The summed E-state index contributed by atoms with van der Waals surface area (Å²) < 4.78 is 28.5. The van der Waals surface area contributed by atoms with Gasteiger partial charge in [-0.2, -0.15) is 0 Å². The fraction of sp³-hybridized carbons (Fsp3) is 0.0500. The molecule has 27 heavy (non-hydrogen) atoms. The van der Waals surface area contributed by atoms with E-state index < -0.39 is 15.9 Å². The van der Waals surface area contributed by atoms with Crippen molar-refractivity contribution in [3.8, 4) is 0 Å². The third kappa shape index (κ3) is 4.75. The molecule has 0 fully saturated rings. The van der Waals surface area contributed by atoms with Crippen molar-refractivity contribution < 1.29 is 13.2 Å². The van der Waals surface area contributed by atoms with Crippen LogP contribution in [0, 0.1) is 6.92 Å². The van der Waals surface area contributed by atoms with Crippen LogP contribution in [0.3, 0.4) is 0 Å². The zero-order valence-corrected chi connectivity index (χ0v) is 16.8. The maximum atomic E-state index is 12.7. The zero-order valence-electron chi connectivity index (χ0n) is 14.4. The second-order valence-corrected chi connectivity index (χ2v) is 8.53. The topological polar surface area (TPSA) is 75.3 Å². The standard InChI is InChI=1S/C20H17BrN2O3S/c1-14-9-11-16(12-10-14)22-20(24)18-7-2-3-8-19(18)23-27(25,26)17-6-4-5-15(21)13-17/h2-13,23H,1H3,(H,22,24). The highest BCUT2D eigenvalue weighted by molar-refractivity contribution is 9.10. The minimum absolute atomic E-state index is 0.102. The van der Waals surface area contributed by atoms with E-state index in [0.717, 1.165) is 5.56 Å². The minimum Gasteiger partial charge on any atom is -0.322 e. The first-order chi connectivity index (χ1) is 12.8. The van der Waals surface area contributed by atoms with Crippen molar-refractivity contribution in [2.24, 2.45) is 0 Å². The van der Waals surface area contributed by atoms with Crippen LogP contribution in [-0.2, 0) is 10.0 Å². The van der Waals surface area contributed by atoms with Gasteiger partial charge < -0.3 is 5.32 Å². The third-order valence-corrected chi connectivity index (χ3v) is 5.69. The van der Waals surface area contributed by atoms with E-state index in [2.05, 4.69) is 26.0 Å². The van der Waals surface area contributed by atoms with E-state index in [9.17, 15) is 13.2 Å². The van der Waals surface area contributed by atoms with E-state index >= 15 is 0 Å². The number of sulfonamides is 1. The van der Waals surface area contributed by atoms with Gasteiger partial charge in [-0.05, 0) is 49.4 Å². The second-order valence-electron chi connectivity index (χ2n) is 5.93.